The second-order valence-electron chi connectivity index (χ2n) is 5.64. The van der Waals surface area contributed by atoms with Crippen molar-refractivity contribution in [3.8, 4) is 0 Å². The molecule has 1 saturated carbocycles. The Morgan fingerprint density at radius 1 is 1.36 bits per heavy atom. The average molecular weight is 318 g/mol. The highest BCUT2D eigenvalue weighted by molar-refractivity contribution is 7.80. The van der Waals surface area contributed by atoms with Crippen molar-refractivity contribution in [1.82, 2.24) is 15.1 Å². The van der Waals surface area contributed by atoms with Crippen LogP contribution in [-0.2, 0) is 6.54 Å². The Kier molecular flexibility index (Phi) is 4.68. The number of nitrogens with one attached hydrogen (secondary N) is 2. The van der Waals surface area contributed by atoms with Gasteiger partial charge in [-0.3, -0.25) is 4.68 Å². The van der Waals surface area contributed by atoms with E-state index in [-0.39, 0.29) is 5.82 Å². The van der Waals surface area contributed by atoms with E-state index in [9.17, 15) is 4.39 Å². The minimum Gasteiger partial charge on any atom is -0.360 e. The van der Waals surface area contributed by atoms with Crippen LogP contribution in [0.2, 0.25) is 0 Å². The summed E-state index contributed by atoms with van der Waals surface area (Å²) in [6, 6.07) is 7.02. The Balaban J connectivity index is 1.55. The van der Waals surface area contributed by atoms with Gasteiger partial charge in [-0.2, -0.15) is 5.10 Å². The highest BCUT2D eigenvalue weighted by Gasteiger charge is 2.15. The standard InChI is InChI=1S/C16H19FN4S/c17-13-5-3-4-12(8-13)10-21-11-15(9-18-21)20-16(22)19-14-6-1-2-7-14/h3-5,8-9,11,14H,1-2,6-7,10H2,(H2,19,20,22). The van der Waals surface area contributed by atoms with Gasteiger partial charge in [-0.05, 0) is 42.8 Å². The predicted molar refractivity (Wildman–Crippen MR) is 89.3 cm³/mol. The molecule has 1 aromatic heterocycles. The summed E-state index contributed by atoms with van der Waals surface area (Å²) < 4.78 is 14.9. The van der Waals surface area contributed by atoms with Gasteiger partial charge in [-0.25, -0.2) is 4.39 Å². The van der Waals surface area contributed by atoms with Gasteiger partial charge in [-0.15, -0.1) is 0 Å². The summed E-state index contributed by atoms with van der Waals surface area (Å²) in [5.74, 6) is -0.232. The third-order valence-corrected chi connectivity index (χ3v) is 4.04. The van der Waals surface area contributed by atoms with Gasteiger partial charge in [0, 0.05) is 12.2 Å². The summed E-state index contributed by atoms with van der Waals surface area (Å²) in [6.07, 6.45) is 8.49. The minimum absolute atomic E-state index is 0.232. The van der Waals surface area contributed by atoms with Crippen LogP contribution in [0.1, 0.15) is 31.2 Å². The van der Waals surface area contributed by atoms with Gasteiger partial charge in [0.15, 0.2) is 5.11 Å². The van der Waals surface area contributed by atoms with Crippen LogP contribution >= 0.6 is 12.2 Å². The van der Waals surface area contributed by atoms with E-state index in [1.165, 1.54) is 37.8 Å². The summed E-state index contributed by atoms with van der Waals surface area (Å²) in [4.78, 5) is 0. The Bertz CT molecular complexity index is 649. The molecular weight excluding hydrogens is 299 g/mol. The maximum Gasteiger partial charge on any atom is 0.171 e. The van der Waals surface area contributed by atoms with E-state index in [0.29, 0.717) is 17.7 Å². The molecule has 116 valence electrons. The maximum absolute atomic E-state index is 13.2. The van der Waals surface area contributed by atoms with Crippen LogP contribution in [0.4, 0.5) is 10.1 Å². The van der Waals surface area contributed by atoms with Crippen molar-refractivity contribution in [1.29, 1.82) is 0 Å². The second-order valence-corrected chi connectivity index (χ2v) is 6.04. The lowest BCUT2D eigenvalue weighted by Crippen LogP contribution is -2.35. The van der Waals surface area contributed by atoms with E-state index in [0.717, 1.165) is 11.3 Å². The highest BCUT2D eigenvalue weighted by atomic mass is 32.1. The molecule has 2 aromatic rings. The van der Waals surface area contributed by atoms with Gasteiger partial charge in [0.2, 0.25) is 0 Å². The molecule has 0 amide bonds. The van der Waals surface area contributed by atoms with E-state index in [4.69, 9.17) is 12.2 Å². The van der Waals surface area contributed by atoms with Crippen molar-refractivity contribution < 1.29 is 4.39 Å². The van der Waals surface area contributed by atoms with E-state index in [1.807, 2.05) is 12.3 Å². The van der Waals surface area contributed by atoms with Gasteiger partial charge in [0.05, 0.1) is 18.4 Å². The van der Waals surface area contributed by atoms with E-state index < -0.39 is 0 Å². The monoisotopic (exact) mass is 318 g/mol. The Labute approximate surface area is 134 Å². The molecule has 22 heavy (non-hydrogen) atoms. The van der Waals surface area contributed by atoms with Gasteiger partial charge in [0.1, 0.15) is 5.82 Å². The number of halogens is 1. The molecule has 0 saturated heterocycles. The molecule has 1 aliphatic carbocycles. The number of anilines is 1. The molecule has 6 heteroatoms. The maximum atomic E-state index is 13.2. The zero-order valence-corrected chi connectivity index (χ0v) is 13.1. The second kappa shape index (κ2) is 6.87. The first-order valence-corrected chi connectivity index (χ1v) is 7.94. The number of aromatic nitrogens is 2. The molecule has 3 rings (SSSR count). The molecule has 0 bridgehead atoms. The lowest BCUT2D eigenvalue weighted by atomic mass is 10.2. The van der Waals surface area contributed by atoms with Crippen molar-refractivity contribution in [3.05, 3.63) is 48.0 Å². The number of hydrogen-bond acceptors (Lipinski definition) is 2. The molecule has 0 unspecified atom stereocenters. The highest BCUT2D eigenvalue weighted by Crippen LogP contribution is 2.18. The van der Waals surface area contributed by atoms with Crippen LogP contribution in [-0.4, -0.2) is 20.9 Å². The van der Waals surface area contributed by atoms with Crippen molar-refractivity contribution in [2.24, 2.45) is 0 Å². The quantitative estimate of drug-likeness (QED) is 0.849. The molecule has 4 nitrogen and oxygen atoms in total. The fourth-order valence-electron chi connectivity index (χ4n) is 2.76. The van der Waals surface area contributed by atoms with Gasteiger partial charge in [0.25, 0.3) is 0 Å². The lowest BCUT2D eigenvalue weighted by molar-refractivity contribution is 0.619. The summed E-state index contributed by atoms with van der Waals surface area (Å²) in [7, 11) is 0. The third kappa shape index (κ3) is 4.04. The molecule has 1 aliphatic rings. The Morgan fingerprint density at radius 3 is 2.95 bits per heavy atom. The van der Waals surface area contributed by atoms with E-state index in [1.54, 1.807) is 16.9 Å². The SMILES string of the molecule is Fc1cccc(Cn2cc(NC(=S)NC3CCCC3)cn2)c1. The molecule has 1 aromatic carbocycles. The van der Waals surface area contributed by atoms with Gasteiger partial charge in [-0.1, -0.05) is 25.0 Å². The lowest BCUT2D eigenvalue weighted by Gasteiger charge is -2.14. The van der Waals surface area contributed by atoms with Crippen LogP contribution in [0.5, 0.6) is 0 Å². The molecule has 0 aliphatic heterocycles. The summed E-state index contributed by atoms with van der Waals surface area (Å²) in [6.45, 7) is 0.530. The van der Waals surface area contributed by atoms with Crippen LogP contribution in [0.3, 0.4) is 0 Å². The van der Waals surface area contributed by atoms with Crippen LogP contribution in [0, 0.1) is 5.82 Å². The average Bonchev–Trinajstić information content (AvgIpc) is 3.11. The Morgan fingerprint density at radius 2 is 2.18 bits per heavy atom. The number of benzene rings is 1. The molecule has 1 heterocycles. The van der Waals surface area contributed by atoms with Gasteiger partial charge < -0.3 is 10.6 Å². The molecular formula is C16H19FN4S. The fourth-order valence-corrected chi connectivity index (χ4v) is 3.04. The van der Waals surface area contributed by atoms with Crippen LogP contribution in [0.25, 0.3) is 0 Å². The summed E-state index contributed by atoms with van der Waals surface area (Å²) >= 11 is 5.32. The molecule has 0 radical (unpaired) electrons. The van der Waals surface area contributed by atoms with E-state index >= 15 is 0 Å². The molecule has 2 N–H and O–H groups in total. The predicted octanol–water partition coefficient (Wildman–Crippen LogP) is 3.30. The zero-order valence-electron chi connectivity index (χ0n) is 12.3. The van der Waals surface area contributed by atoms with Gasteiger partial charge >= 0.3 is 0 Å². The van der Waals surface area contributed by atoms with E-state index in [2.05, 4.69) is 15.7 Å². The van der Waals surface area contributed by atoms with Crippen molar-refractivity contribution >= 4 is 23.0 Å². The molecule has 1 fully saturated rings. The van der Waals surface area contributed by atoms with Crippen molar-refractivity contribution in [2.45, 2.75) is 38.3 Å². The first-order valence-electron chi connectivity index (χ1n) is 7.53. The number of nitrogens with zero attached hydrogens (tertiary/aromatic N) is 2. The zero-order chi connectivity index (χ0) is 15.4. The molecule has 0 spiro atoms. The number of rotatable bonds is 4. The normalized spacial score (nSPS) is 15.0. The molecule has 0 atom stereocenters. The first-order chi connectivity index (χ1) is 10.7. The largest absolute Gasteiger partial charge is 0.360 e. The van der Waals surface area contributed by atoms with Crippen LogP contribution < -0.4 is 10.6 Å². The van der Waals surface area contributed by atoms with Crippen LogP contribution in [0.15, 0.2) is 36.7 Å². The summed E-state index contributed by atoms with van der Waals surface area (Å²) in [5, 5.41) is 11.4. The smallest absolute Gasteiger partial charge is 0.171 e. The fraction of sp³-hybridized carbons (Fsp3) is 0.375. The van der Waals surface area contributed by atoms with Crippen molar-refractivity contribution in [3.63, 3.8) is 0 Å². The number of hydrogen-bond donors (Lipinski definition) is 2. The summed E-state index contributed by atoms with van der Waals surface area (Å²) in [5.41, 5.74) is 1.72. The first kappa shape index (κ1) is 15.0. The number of thiocarbonyl (C=S) groups is 1. The topological polar surface area (TPSA) is 41.9 Å². The minimum atomic E-state index is -0.232. The Hall–Kier alpha value is -1.95. The van der Waals surface area contributed by atoms with Crippen molar-refractivity contribution in [2.75, 3.05) is 5.32 Å². The third-order valence-electron chi connectivity index (χ3n) is 3.82.